The maximum atomic E-state index is 14.4. The summed E-state index contributed by atoms with van der Waals surface area (Å²) in [5, 5.41) is 6.97. The summed E-state index contributed by atoms with van der Waals surface area (Å²) in [5.74, 6) is 0.476. The van der Waals surface area contributed by atoms with Gasteiger partial charge in [-0.25, -0.2) is 14.4 Å². The molecule has 0 bridgehead atoms. The molecular weight excluding hydrogens is 509 g/mol. The van der Waals surface area contributed by atoms with Crippen molar-refractivity contribution in [2.75, 3.05) is 51.4 Å². The third kappa shape index (κ3) is 6.59. The highest BCUT2D eigenvalue weighted by Crippen LogP contribution is 2.35. The molecule has 40 heavy (non-hydrogen) atoms. The van der Waals surface area contributed by atoms with Crippen molar-refractivity contribution in [2.45, 2.75) is 12.5 Å². The van der Waals surface area contributed by atoms with Crippen LogP contribution < -0.4 is 15.4 Å². The highest BCUT2D eigenvalue weighted by Gasteiger charge is 2.23. The highest BCUT2D eigenvalue weighted by molar-refractivity contribution is 6.03. The van der Waals surface area contributed by atoms with Gasteiger partial charge in [0.1, 0.15) is 29.8 Å². The Kier molecular flexibility index (Phi) is 8.28. The Labute approximate surface area is 232 Å². The van der Waals surface area contributed by atoms with Crippen molar-refractivity contribution in [3.8, 4) is 17.0 Å². The lowest BCUT2D eigenvalue weighted by Crippen LogP contribution is -2.22. The molecular formula is C30H32FN7O2. The van der Waals surface area contributed by atoms with Crippen LogP contribution in [0.5, 0.6) is 5.75 Å². The van der Waals surface area contributed by atoms with E-state index in [0.29, 0.717) is 51.6 Å². The van der Waals surface area contributed by atoms with Gasteiger partial charge in [0.25, 0.3) is 0 Å². The number of halogens is 1. The molecule has 1 aliphatic heterocycles. The van der Waals surface area contributed by atoms with Crippen molar-refractivity contribution < 1.29 is 13.9 Å². The lowest BCUT2D eigenvalue weighted by Gasteiger charge is -2.18. The van der Waals surface area contributed by atoms with Crippen molar-refractivity contribution in [2.24, 2.45) is 0 Å². The van der Waals surface area contributed by atoms with Crippen molar-refractivity contribution in [1.82, 2.24) is 24.8 Å². The molecule has 3 heterocycles. The average Bonchev–Trinajstić information content (AvgIpc) is 3.34. The van der Waals surface area contributed by atoms with Crippen LogP contribution in [0.3, 0.4) is 0 Å². The Morgan fingerprint density at radius 3 is 2.80 bits per heavy atom. The Bertz CT molecular complexity index is 1540. The molecule has 0 radical (unpaired) electrons. The molecule has 1 atom stereocenters. The quantitative estimate of drug-likeness (QED) is 0.294. The van der Waals surface area contributed by atoms with Gasteiger partial charge in [-0.3, -0.25) is 9.78 Å². The molecule has 0 saturated carbocycles. The Morgan fingerprint density at radius 1 is 1.18 bits per heavy atom. The standard InChI is InChI=1S/C30H32FN7O2/c1-37(2)13-6-9-29(39)36-27-16-23-26(17-28(27)40-21-11-14-38(3)18-21)33-19-34-30(23)35-20-10-12-32-25(15-20)22-7-4-5-8-24(22)31/h4-10,12,15-17,19,21H,11,13-14,18H2,1-3H3,(H,36,39)(H,32,33,34,35)/b9-6+/t21-/m1/s1. The predicted octanol–water partition coefficient (Wildman–Crippen LogP) is 4.71. The number of hydrogen-bond acceptors (Lipinski definition) is 8. The molecule has 206 valence electrons. The van der Waals surface area contributed by atoms with Crippen LogP contribution in [0.2, 0.25) is 0 Å². The van der Waals surface area contributed by atoms with Crippen LogP contribution in [0.25, 0.3) is 22.2 Å². The van der Waals surface area contributed by atoms with Crippen LogP contribution in [0.15, 0.2) is 73.2 Å². The van der Waals surface area contributed by atoms with Gasteiger partial charge in [0, 0.05) is 54.6 Å². The van der Waals surface area contributed by atoms with Gasteiger partial charge >= 0.3 is 0 Å². The monoisotopic (exact) mass is 541 g/mol. The van der Waals surface area contributed by atoms with Gasteiger partial charge in [-0.2, -0.15) is 0 Å². The second-order valence-electron chi connectivity index (χ2n) is 10.1. The summed E-state index contributed by atoms with van der Waals surface area (Å²) in [7, 11) is 5.93. The first-order valence-corrected chi connectivity index (χ1v) is 13.1. The normalized spacial score (nSPS) is 15.7. The lowest BCUT2D eigenvalue weighted by atomic mass is 10.1. The van der Waals surface area contributed by atoms with Gasteiger partial charge < -0.3 is 25.2 Å². The van der Waals surface area contributed by atoms with Crippen LogP contribution in [0.4, 0.5) is 21.6 Å². The largest absolute Gasteiger partial charge is 0.487 e. The number of hydrogen-bond donors (Lipinski definition) is 2. The SMILES string of the molecule is CN(C)C/C=C/C(=O)Nc1cc2c(Nc3ccnc(-c4ccccc4F)c3)ncnc2cc1O[C@@H]1CCN(C)C1. The van der Waals surface area contributed by atoms with E-state index in [0.717, 1.165) is 19.5 Å². The van der Waals surface area contributed by atoms with Crippen molar-refractivity contribution in [3.63, 3.8) is 0 Å². The number of rotatable bonds is 9. The maximum Gasteiger partial charge on any atom is 0.248 e. The molecule has 1 aliphatic rings. The van der Waals surface area contributed by atoms with Crippen LogP contribution in [0.1, 0.15) is 6.42 Å². The fourth-order valence-corrected chi connectivity index (χ4v) is 4.56. The van der Waals surface area contributed by atoms with Gasteiger partial charge in [-0.15, -0.1) is 0 Å². The number of nitrogens with one attached hydrogen (secondary N) is 2. The number of benzene rings is 2. The van der Waals surface area contributed by atoms with Gasteiger partial charge in [0.05, 0.1) is 16.9 Å². The minimum absolute atomic E-state index is 0.00967. The molecule has 0 aliphatic carbocycles. The van der Waals surface area contributed by atoms with Crippen LogP contribution in [0, 0.1) is 5.82 Å². The van der Waals surface area contributed by atoms with E-state index >= 15 is 0 Å². The summed E-state index contributed by atoms with van der Waals surface area (Å²) in [4.78, 5) is 30.2. The number of carbonyl (C=O) groups excluding carboxylic acids is 1. The molecule has 4 aromatic rings. The number of ether oxygens (including phenoxy) is 1. The number of anilines is 3. The second kappa shape index (κ2) is 12.2. The fourth-order valence-electron chi connectivity index (χ4n) is 4.56. The number of likely N-dealkylation sites (tertiary alicyclic amines) is 1. The van der Waals surface area contributed by atoms with Gasteiger partial charge in [0.2, 0.25) is 5.91 Å². The fraction of sp³-hybridized carbons (Fsp3) is 0.267. The number of aromatic nitrogens is 3. The Hall–Kier alpha value is -4.41. The zero-order chi connectivity index (χ0) is 28.1. The first-order chi connectivity index (χ1) is 19.4. The second-order valence-corrected chi connectivity index (χ2v) is 10.1. The first-order valence-electron chi connectivity index (χ1n) is 13.1. The number of amides is 1. The molecule has 5 rings (SSSR count). The molecule has 9 nitrogen and oxygen atoms in total. The molecule has 2 aromatic carbocycles. The first kappa shape index (κ1) is 27.2. The molecule has 2 aromatic heterocycles. The summed E-state index contributed by atoms with van der Waals surface area (Å²) in [5.41, 5.74) is 2.77. The van der Waals surface area contributed by atoms with Crippen LogP contribution in [-0.2, 0) is 4.79 Å². The molecule has 0 spiro atoms. The molecule has 1 amide bonds. The summed E-state index contributed by atoms with van der Waals surface area (Å²) in [6.07, 6.45) is 7.31. The van der Waals surface area contributed by atoms with Crippen molar-refractivity contribution in [3.05, 3.63) is 79.0 Å². The number of nitrogens with zero attached hydrogens (tertiary/aromatic N) is 5. The van der Waals surface area contributed by atoms with E-state index in [2.05, 4.69) is 37.5 Å². The highest BCUT2D eigenvalue weighted by atomic mass is 19.1. The summed E-state index contributed by atoms with van der Waals surface area (Å²) < 4.78 is 20.7. The lowest BCUT2D eigenvalue weighted by molar-refractivity contribution is -0.111. The third-order valence-electron chi connectivity index (χ3n) is 6.55. The molecule has 1 fully saturated rings. The van der Waals surface area contributed by atoms with Crippen molar-refractivity contribution in [1.29, 1.82) is 0 Å². The topological polar surface area (TPSA) is 95.5 Å². The zero-order valence-electron chi connectivity index (χ0n) is 22.8. The molecule has 10 heteroatoms. The van der Waals surface area contributed by atoms with E-state index in [9.17, 15) is 9.18 Å². The third-order valence-corrected chi connectivity index (χ3v) is 6.55. The van der Waals surface area contributed by atoms with E-state index in [-0.39, 0.29) is 17.8 Å². The maximum absolute atomic E-state index is 14.4. The molecule has 2 N–H and O–H groups in total. The van der Waals surface area contributed by atoms with Gasteiger partial charge in [0.15, 0.2) is 0 Å². The number of carbonyl (C=O) groups is 1. The van der Waals surface area contributed by atoms with E-state index in [4.69, 9.17) is 4.74 Å². The van der Waals surface area contributed by atoms with E-state index in [1.54, 1.807) is 42.6 Å². The molecule has 0 unspecified atom stereocenters. The van der Waals surface area contributed by atoms with Crippen LogP contribution in [-0.4, -0.2) is 77.5 Å². The summed E-state index contributed by atoms with van der Waals surface area (Å²) >= 11 is 0. The zero-order valence-corrected chi connectivity index (χ0v) is 22.8. The average molecular weight is 542 g/mol. The van der Waals surface area contributed by atoms with E-state index in [1.807, 2.05) is 31.1 Å². The Balaban J connectivity index is 1.48. The predicted molar refractivity (Wildman–Crippen MR) is 155 cm³/mol. The number of likely N-dealkylation sites (N-methyl/N-ethyl adjacent to an activating group) is 2. The number of pyridine rings is 1. The van der Waals surface area contributed by atoms with Crippen LogP contribution >= 0.6 is 0 Å². The summed E-state index contributed by atoms with van der Waals surface area (Å²) in [6.45, 7) is 2.40. The van der Waals surface area contributed by atoms with E-state index in [1.165, 1.54) is 18.5 Å². The van der Waals surface area contributed by atoms with Gasteiger partial charge in [-0.05, 0) is 57.9 Å². The number of fused-ring (bicyclic) bond motifs is 1. The Morgan fingerprint density at radius 2 is 2.02 bits per heavy atom. The smallest absolute Gasteiger partial charge is 0.248 e. The molecule has 1 saturated heterocycles. The van der Waals surface area contributed by atoms with Crippen molar-refractivity contribution >= 4 is 34.0 Å². The summed E-state index contributed by atoms with van der Waals surface area (Å²) in [6, 6.07) is 13.7. The minimum Gasteiger partial charge on any atom is -0.487 e. The van der Waals surface area contributed by atoms with Gasteiger partial charge in [-0.1, -0.05) is 18.2 Å². The van der Waals surface area contributed by atoms with E-state index < -0.39 is 0 Å². The minimum atomic E-state index is -0.347.